The first-order chi connectivity index (χ1) is 12.0. The van der Waals surface area contributed by atoms with Gasteiger partial charge in [-0.05, 0) is 48.6 Å². The summed E-state index contributed by atoms with van der Waals surface area (Å²) in [5.74, 6) is -0.764. The summed E-state index contributed by atoms with van der Waals surface area (Å²) < 4.78 is 59.0. The fraction of sp³-hybridized carbons (Fsp3) is 0.421. The Labute approximate surface area is 150 Å². The Bertz CT molecular complexity index is 757. The van der Waals surface area contributed by atoms with Gasteiger partial charge in [0.2, 0.25) is 5.95 Å². The maximum atomic E-state index is 13.5. The molecular weight excluding hydrogens is 348 g/mol. The molecule has 2 aromatic rings. The van der Waals surface area contributed by atoms with Gasteiger partial charge < -0.3 is 10.5 Å². The molecule has 2 rings (SSSR count). The first-order valence-corrected chi connectivity index (χ1v) is 8.23. The number of aromatic nitrogens is 1. The Hall–Kier alpha value is -2.15. The number of nitrogens with zero attached hydrogens (tertiary/aromatic N) is 1. The lowest BCUT2D eigenvalue weighted by atomic mass is 9.93. The molecule has 0 fully saturated rings. The van der Waals surface area contributed by atoms with E-state index in [-0.39, 0.29) is 17.9 Å². The number of halogens is 4. The minimum atomic E-state index is -4.61. The Morgan fingerprint density at radius 3 is 2.35 bits per heavy atom. The van der Waals surface area contributed by atoms with Crippen LogP contribution in [0, 0.1) is 11.9 Å². The summed E-state index contributed by atoms with van der Waals surface area (Å²) >= 11 is 0. The molecule has 142 valence electrons. The van der Waals surface area contributed by atoms with Gasteiger partial charge in [0.05, 0.1) is 5.56 Å². The molecule has 2 N–H and O–H groups in total. The van der Waals surface area contributed by atoms with Crippen LogP contribution in [-0.2, 0) is 6.18 Å². The van der Waals surface area contributed by atoms with Crippen molar-refractivity contribution >= 4 is 0 Å². The smallest absolute Gasteiger partial charge is 0.419 e. The monoisotopic (exact) mass is 370 g/mol. The van der Waals surface area contributed by atoms with Crippen LogP contribution in [0.3, 0.4) is 0 Å². The molecule has 3 nitrogen and oxygen atoms in total. The van der Waals surface area contributed by atoms with Gasteiger partial charge in [-0.15, -0.1) is 0 Å². The topological polar surface area (TPSA) is 48.1 Å². The summed E-state index contributed by atoms with van der Waals surface area (Å²) in [4.78, 5) is 3.41. The number of ether oxygens (including phenoxy) is 1. The van der Waals surface area contributed by atoms with Crippen LogP contribution in [-0.4, -0.2) is 17.1 Å². The average Bonchev–Trinajstić information content (AvgIpc) is 2.51. The number of alkyl halides is 3. The summed E-state index contributed by atoms with van der Waals surface area (Å²) in [5, 5.41) is 0. The summed E-state index contributed by atoms with van der Waals surface area (Å²) in [6, 6.07) is 6.16. The van der Waals surface area contributed by atoms with E-state index < -0.39 is 23.2 Å². The second-order valence-corrected chi connectivity index (χ2v) is 7.12. The predicted octanol–water partition coefficient (Wildman–Crippen LogP) is 5.05. The third-order valence-corrected chi connectivity index (χ3v) is 3.78. The Morgan fingerprint density at radius 2 is 1.77 bits per heavy atom. The van der Waals surface area contributed by atoms with Crippen LogP contribution in [0.25, 0.3) is 11.1 Å². The van der Waals surface area contributed by atoms with Crippen molar-refractivity contribution in [3.63, 3.8) is 0 Å². The Kier molecular flexibility index (Phi) is 5.91. The summed E-state index contributed by atoms with van der Waals surface area (Å²) in [6.45, 7) is 5.66. The van der Waals surface area contributed by atoms with E-state index in [0.29, 0.717) is 17.9 Å². The minimum Gasteiger partial charge on any atom is -0.491 e. The van der Waals surface area contributed by atoms with Crippen LogP contribution in [0.2, 0.25) is 0 Å². The summed E-state index contributed by atoms with van der Waals surface area (Å²) in [5.41, 5.74) is 4.97. The van der Waals surface area contributed by atoms with E-state index in [1.165, 1.54) is 24.4 Å². The van der Waals surface area contributed by atoms with E-state index in [9.17, 15) is 17.6 Å². The van der Waals surface area contributed by atoms with Crippen molar-refractivity contribution in [3.05, 3.63) is 48.0 Å². The molecule has 1 unspecified atom stereocenters. The van der Waals surface area contributed by atoms with Gasteiger partial charge in [0.1, 0.15) is 12.4 Å². The lowest BCUT2D eigenvalue weighted by Crippen LogP contribution is -2.43. The molecular formula is C19H22F4N2O. The van der Waals surface area contributed by atoms with Crippen LogP contribution in [0.5, 0.6) is 5.75 Å². The molecule has 0 saturated carbocycles. The molecule has 7 heteroatoms. The van der Waals surface area contributed by atoms with Gasteiger partial charge in [-0.2, -0.15) is 17.6 Å². The van der Waals surface area contributed by atoms with Gasteiger partial charge in [0, 0.05) is 17.8 Å². The average molecular weight is 370 g/mol. The number of nitrogens with two attached hydrogens (primary N) is 1. The van der Waals surface area contributed by atoms with Gasteiger partial charge >= 0.3 is 6.18 Å². The third-order valence-electron chi connectivity index (χ3n) is 3.78. The van der Waals surface area contributed by atoms with Crippen molar-refractivity contribution in [2.45, 2.75) is 38.9 Å². The largest absolute Gasteiger partial charge is 0.491 e. The highest BCUT2D eigenvalue weighted by molar-refractivity contribution is 5.65. The number of hydrogen-bond donors (Lipinski definition) is 1. The molecule has 1 aromatic carbocycles. The Morgan fingerprint density at radius 1 is 1.12 bits per heavy atom. The van der Waals surface area contributed by atoms with Crippen LogP contribution >= 0.6 is 0 Å². The van der Waals surface area contributed by atoms with E-state index in [1.54, 1.807) is 6.92 Å². The zero-order valence-electron chi connectivity index (χ0n) is 14.9. The second kappa shape index (κ2) is 7.61. The molecule has 1 atom stereocenters. The van der Waals surface area contributed by atoms with Crippen molar-refractivity contribution in [3.8, 4) is 16.9 Å². The molecule has 0 saturated heterocycles. The van der Waals surface area contributed by atoms with E-state index in [1.807, 2.05) is 13.8 Å². The molecule has 1 heterocycles. The van der Waals surface area contributed by atoms with Crippen molar-refractivity contribution in [2.75, 3.05) is 6.61 Å². The van der Waals surface area contributed by atoms with Crippen molar-refractivity contribution in [2.24, 2.45) is 11.7 Å². The van der Waals surface area contributed by atoms with E-state index in [4.69, 9.17) is 10.5 Å². The highest BCUT2D eigenvalue weighted by atomic mass is 19.4. The maximum Gasteiger partial charge on any atom is 0.419 e. The van der Waals surface area contributed by atoms with Gasteiger partial charge in [0.25, 0.3) is 0 Å². The van der Waals surface area contributed by atoms with Crippen LogP contribution < -0.4 is 10.5 Å². The quantitative estimate of drug-likeness (QED) is 0.572. The number of pyridine rings is 1. The van der Waals surface area contributed by atoms with Crippen LogP contribution in [0.4, 0.5) is 17.6 Å². The first-order valence-electron chi connectivity index (χ1n) is 8.23. The zero-order valence-corrected chi connectivity index (χ0v) is 14.9. The second-order valence-electron chi connectivity index (χ2n) is 7.12. The lowest BCUT2D eigenvalue weighted by molar-refractivity contribution is -0.139. The number of hydrogen-bond acceptors (Lipinski definition) is 3. The minimum absolute atomic E-state index is 0.0442. The molecule has 0 amide bonds. The summed E-state index contributed by atoms with van der Waals surface area (Å²) in [7, 11) is 0. The Balaban J connectivity index is 2.32. The summed E-state index contributed by atoms with van der Waals surface area (Å²) in [6.07, 6.45) is -2.79. The highest BCUT2D eigenvalue weighted by Gasteiger charge is 2.35. The molecule has 0 bridgehead atoms. The number of rotatable bonds is 6. The van der Waals surface area contributed by atoms with E-state index in [0.717, 1.165) is 12.1 Å². The van der Waals surface area contributed by atoms with Gasteiger partial charge in [-0.25, -0.2) is 4.98 Å². The van der Waals surface area contributed by atoms with Crippen LogP contribution in [0.1, 0.15) is 32.8 Å². The van der Waals surface area contributed by atoms with E-state index >= 15 is 0 Å². The van der Waals surface area contributed by atoms with Crippen LogP contribution in [0.15, 0.2) is 36.5 Å². The standard InChI is InChI=1S/C19H22F4N2O/c1-12(2)10-18(3,24)11-26-16-5-4-13(8-15(16)19(21,22)23)14-6-7-25-17(20)9-14/h4-9,12H,10-11,24H2,1-3H3. The molecule has 0 aliphatic rings. The van der Waals surface area contributed by atoms with Gasteiger partial charge in [-0.3, -0.25) is 0 Å². The molecule has 26 heavy (non-hydrogen) atoms. The van der Waals surface area contributed by atoms with E-state index in [2.05, 4.69) is 4.98 Å². The highest BCUT2D eigenvalue weighted by Crippen LogP contribution is 2.39. The predicted molar refractivity (Wildman–Crippen MR) is 92.2 cm³/mol. The molecule has 0 aliphatic carbocycles. The SMILES string of the molecule is CC(C)CC(C)(N)COc1ccc(-c2ccnc(F)c2)cc1C(F)(F)F. The van der Waals surface area contributed by atoms with Crippen molar-refractivity contribution < 1.29 is 22.3 Å². The maximum absolute atomic E-state index is 13.5. The van der Waals surface area contributed by atoms with Gasteiger partial charge in [0.15, 0.2) is 0 Å². The third kappa shape index (κ3) is 5.42. The molecule has 1 aromatic heterocycles. The van der Waals surface area contributed by atoms with Crippen molar-refractivity contribution in [1.82, 2.24) is 4.98 Å². The number of benzene rings is 1. The van der Waals surface area contributed by atoms with Crippen molar-refractivity contribution in [1.29, 1.82) is 0 Å². The molecule has 0 spiro atoms. The fourth-order valence-electron chi connectivity index (χ4n) is 2.87. The van der Waals surface area contributed by atoms with Gasteiger partial charge in [-0.1, -0.05) is 19.9 Å². The normalized spacial score (nSPS) is 14.3. The fourth-order valence-corrected chi connectivity index (χ4v) is 2.87. The zero-order chi connectivity index (χ0) is 19.5. The molecule has 0 aliphatic heterocycles. The molecule has 0 radical (unpaired) electrons. The first kappa shape index (κ1) is 20.2. The lowest BCUT2D eigenvalue weighted by Gasteiger charge is -2.27.